The Bertz CT molecular complexity index is 1460. The van der Waals surface area contributed by atoms with Crippen molar-refractivity contribution < 1.29 is 0 Å². The van der Waals surface area contributed by atoms with Gasteiger partial charge in [-0.25, -0.2) is 0 Å². The van der Waals surface area contributed by atoms with Crippen LogP contribution in [-0.4, -0.2) is 4.57 Å². The molecule has 1 unspecified atom stereocenters. The number of aromatic nitrogens is 1. The minimum atomic E-state index is 0.0943. The first-order valence-corrected chi connectivity index (χ1v) is 10.3. The third kappa shape index (κ3) is 2.45. The molecule has 0 bridgehead atoms. The largest absolute Gasteiger partial charge is 0.340 e. The lowest BCUT2D eigenvalue weighted by atomic mass is 9.83. The number of aryl methyl sites for hydroxylation is 1. The summed E-state index contributed by atoms with van der Waals surface area (Å²) in [5.74, 6) is 0. The Kier molecular flexibility index (Phi) is 3.60. The first-order valence-electron chi connectivity index (χ1n) is 10.3. The molecule has 2 nitrogen and oxygen atoms in total. The fourth-order valence-electron chi connectivity index (χ4n) is 5.17. The Balaban J connectivity index is 1.68. The molecule has 2 heteroatoms. The molecule has 0 aliphatic heterocycles. The lowest BCUT2D eigenvalue weighted by Gasteiger charge is -2.30. The highest BCUT2D eigenvalue weighted by Gasteiger charge is 2.25. The van der Waals surface area contributed by atoms with Gasteiger partial charge in [-0.3, -0.25) is 4.79 Å². The van der Waals surface area contributed by atoms with Crippen LogP contribution in [0.1, 0.15) is 30.0 Å². The molecule has 0 N–H and O–H groups in total. The summed E-state index contributed by atoms with van der Waals surface area (Å²) < 4.78 is 2.32. The number of rotatable bonds is 1. The Hall–Kier alpha value is -3.39. The fraction of sp³-hybridized carbons (Fsp3) is 0.148. The van der Waals surface area contributed by atoms with Crippen LogP contribution in [0, 0.1) is 0 Å². The van der Waals surface area contributed by atoms with Crippen LogP contribution in [-0.2, 0) is 6.42 Å². The van der Waals surface area contributed by atoms with E-state index in [-0.39, 0.29) is 11.5 Å². The monoisotopic (exact) mass is 375 g/mol. The molecule has 1 aliphatic rings. The molecule has 29 heavy (non-hydrogen) atoms. The molecule has 0 amide bonds. The van der Waals surface area contributed by atoms with Gasteiger partial charge in [-0.1, -0.05) is 60.7 Å². The minimum Gasteiger partial charge on any atom is -0.340 e. The Morgan fingerprint density at radius 3 is 2.45 bits per heavy atom. The summed E-state index contributed by atoms with van der Waals surface area (Å²) in [6, 6.07) is 27.7. The van der Waals surface area contributed by atoms with Crippen molar-refractivity contribution in [3.63, 3.8) is 0 Å². The SMILES string of the molecule is O=c1ccn(C2CCCc3ccc4c(ccc5ccccc54)c32)c2ccccc12. The van der Waals surface area contributed by atoms with E-state index in [1.54, 1.807) is 6.07 Å². The van der Waals surface area contributed by atoms with Crippen LogP contribution in [0.15, 0.2) is 89.9 Å². The zero-order valence-electron chi connectivity index (χ0n) is 16.1. The molecular formula is C27H21NO. The summed E-state index contributed by atoms with van der Waals surface area (Å²) >= 11 is 0. The maximum atomic E-state index is 12.4. The zero-order chi connectivity index (χ0) is 19.4. The summed E-state index contributed by atoms with van der Waals surface area (Å²) in [6.07, 6.45) is 5.36. The van der Waals surface area contributed by atoms with E-state index in [1.165, 1.54) is 32.7 Å². The van der Waals surface area contributed by atoms with Crippen LogP contribution in [0.4, 0.5) is 0 Å². The number of nitrogens with zero attached hydrogens (tertiary/aromatic N) is 1. The summed E-state index contributed by atoms with van der Waals surface area (Å²) in [4.78, 5) is 12.4. The van der Waals surface area contributed by atoms with Gasteiger partial charge in [-0.15, -0.1) is 0 Å². The van der Waals surface area contributed by atoms with E-state index in [0.717, 1.165) is 30.2 Å². The molecule has 140 valence electrons. The van der Waals surface area contributed by atoms with E-state index in [1.807, 2.05) is 24.4 Å². The summed E-state index contributed by atoms with van der Waals surface area (Å²) in [6.45, 7) is 0. The van der Waals surface area contributed by atoms with Gasteiger partial charge in [0, 0.05) is 17.6 Å². The van der Waals surface area contributed by atoms with Crippen molar-refractivity contribution in [3.8, 4) is 0 Å². The molecular weight excluding hydrogens is 354 g/mol. The molecule has 0 saturated heterocycles. The van der Waals surface area contributed by atoms with E-state index in [4.69, 9.17) is 0 Å². The third-order valence-electron chi connectivity index (χ3n) is 6.48. The predicted octanol–water partition coefficient (Wildman–Crippen LogP) is 6.23. The fourth-order valence-corrected chi connectivity index (χ4v) is 5.17. The van der Waals surface area contributed by atoms with Crippen molar-refractivity contribution in [2.75, 3.05) is 0 Å². The number of hydrogen-bond acceptors (Lipinski definition) is 1. The topological polar surface area (TPSA) is 22.0 Å². The molecule has 1 atom stereocenters. The second kappa shape index (κ2) is 6.31. The minimum absolute atomic E-state index is 0.0943. The quantitative estimate of drug-likeness (QED) is 0.318. The number of pyridine rings is 1. The lowest BCUT2D eigenvalue weighted by Crippen LogP contribution is -2.20. The maximum Gasteiger partial charge on any atom is 0.189 e. The predicted molar refractivity (Wildman–Crippen MR) is 121 cm³/mol. The van der Waals surface area contributed by atoms with Gasteiger partial charge in [0.2, 0.25) is 0 Å². The summed E-state index contributed by atoms with van der Waals surface area (Å²) in [5, 5.41) is 6.04. The Morgan fingerprint density at radius 2 is 1.52 bits per heavy atom. The Morgan fingerprint density at radius 1 is 0.724 bits per heavy atom. The van der Waals surface area contributed by atoms with E-state index < -0.39 is 0 Å². The van der Waals surface area contributed by atoms with Gasteiger partial charge in [0.1, 0.15) is 0 Å². The van der Waals surface area contributed by atoms with Crippen molar-refractivity contribution in [1.82, 2.24) is 4.57 Å². The van der Waals surface area contributed by atoms with Crippen molar-refractivity contribution in [2.45, 2.75) is 25.3 Å². The molecule has 0 saturated carbocycles. The van der Waals surface area contributed by atoms with Crippen molar-refractivity contribution in [3.05, 3.63) is 106 Å². The second-order valence-corrected chi connectivity index (χ2v) is 8.03. The number of fused-ring (bicyclic) bond motifs is 6. The lowest BCUT2D eigenvalue weighted by molar-refractivity contribution is 0.503. The van der Waals surface area contributed by atoms with Crippen LogP contribution in [0.5, 0.6) is 0 Å². The van der Waals surface area contributed by atoms with Gasteiger partial charge in [-0.05, 0) is 64.1 Å². The van der Waals surface area contributed by atoms with Gasteiger partial charge in [0.25, 0.3) is 0 Å². The molecule has 0 radical (unpaired) electrons. The molecule has 5 aromatic rings. The highest BCUT2D eigenvalue weighted by atomic mass is 16.1. The van der Waals surface area contributed by atoms with E-state index >= 15 is 0 Å². The number of benzene rings is 4. The van der Waals surface area contributed by atoms with Gasteiger partial charge in [-0.2, -0.15) is 0 Å². The molecule has 1 aromatic heterocycles. The molecule has 1 aliphatic carbocycles. The molecule has 0 fully saturated rings. The highest BCUT2D eigenvalue weighted by Crippen LogP contribution is 2.40. The maximum absolute atomic E-state index is 12.4. The molecule has 0 spiro atoms. The standard InChI is InChI=1S/C27H21NO/c29-26-16-17-28(24-10-4-3-9-23(24)26)25-11-5-7-19-13-14-21-20-8-2-1-6-18(20)12-15-22(21)27(19)25/h1-4,6,8-10,12-17,25H,5,7,11H2. The van der Waals surface area contributed by atoms with Crippen LogP contribution >= 0.6 is 0 Å². The smallest absolute Gasteiger partial charge is 0.189 e. The van der Waals surface area contributed by atoms with Crippen molar-refractivity contribution in [1.29, 1.82) is 0 Å². The normalized spacial score (nSPS) is 16.3. The van der Waals surface area contributed by atoms with Gasteiger partial charge in [0.15, 0.2) is 5.43 Å². The van der Waals surface area contributed by atoms with Crippen LogP contribution in [0.2, 0.25) is 0 Å². The van der Waals surface area contributed by atoms with Gasteiger partial charge in [0.05, 0.1) is 11.6 Å². The van der Waals surface area contributed by atoms with Crippen molar-refractivity contribution in [2.24, 2.45) is 0 Å². The summed E-state index contributed by atoms with van der Waals surface area (Å²) in [5.41, 5.74) is 3.98. The average Bonchev–Trinajstić information content (AvgIpc) is 2.79. The van der Waals surface area contributed by atoms with Crippen molar-refractivity contribution >= 4 is 32.4 Å². The molecule has 6 rings (SSSR count). The number of para-hydroxylation sites is 1. The first kappa shape index (κ1) is 16.6. The van der Waals surface area contributed by atoms with E-state index in [2.05, 4.69) is 59.2 Å². The highest BCUT2D eigenvalue weighted by molar-refractivity contribution is 6.09. The molecule has 1 heterocycles. The van der Waals surface area contributed by atoms with Gasteiger partial charge < -0.3 is 4.57 Å². The average molecular weight is 375 g/mol. The molecule has 4 aromatic carbocycles. The van der Waals surface area contributed by atoms with E-state index in [0.29, 0.717) is 0 Å². The second-order valence-electron chi connectivity index (χ2n) is 8.03. The van der Waals surface area contributed by atoms with Gasteiger partial charge >= 0.3 is 0 Å². The van der Waals surface area contributed by atoms with Crippen LogP contribution < -0.4 is 5.43 Å². The van der Waals surface area contributed by atoms with E-state index in [9.17, 15) is 4.79 Å². The summed E-state index contributed by atoms with van der Waals surface area (Å²) in [7, 11) is 0. The van der Waals surface area contributed by atoms with Crippen LogP contribution in [0.3, 0.4) is 0 Å². The van der Waals surface area contributed by atoms with Crippen LogP contribution in [0.25, 0.3) is 32.4 Å². The third-order valence-corrected chi connectivity index (χ3v) is 6.48. The first-order chi connectivity index (χ1) is 14.3. The zero-order valence-corrected chi connectivity index (χ0v) is 16.1. The number of hydrogen-bond donors (Lipinski definition) is 0. The Labute approximate surface area is 169 Å².